The van der Waals surface area contributed by atoms with Gasteiger partial charge in [0.25, 0.3) is 0 Å². The van der Waals surface area contributed by atoms with Crippen LogP contribution in [0.3, 0.4) is 0 Å². The molecule has 6 heteroatoms. The van der Waals surface area contributed by atoms with E-state index in [4.69, 9.17) is 20.8 Å². The number of benzene rings is 1. The molecule has 0 unspecified atom stereocenters. The number of aryl methyl sites for hydroxylation is 1. The molecule has 0 saturated carbocycles. The Morgan fingerprint density at radius 1 is 1.30 bits per heavy atom. The van der Waals surface area contributed by atoms with Gasteiger partial charge in [-0.25, -0.2) is 0 Å². The maximum atomic E-state index is 6.22. The van der Waals surface area contributed by atoms with Crippen molar-refractivity contribution >= 4 is 17.6 Å². The van der Waals surface area contributed by atoms with Gasteiger partial charge in [0.15, 0.2) is 0 Å². The second-order valence-electron chi connectivity index (χ2n) is 4.22. The van der Waals surface area contributed by atoms with Crippen LogP contribution in [0, 0.1) is 0 Å². The van der Waals surface area contributed by atoms with Gasteiger partial charge in [-0.2, -0.15) is 0 Å². The number of anilines is 1. The van der Waals surface area contributed by atoms with Crippen molar-refractivity contribution in [1.82, 2.24) is 10.2 Å². The van der Waals surface area contributed by atoms with Crippen LogP contribution < -0.4 is 5.32 Å². The SMILES string of the molecule is CCOCc1nnc(NCc2c(Cl)cccc2CC)o1. The molecule has 5 nitrogen and oxygen atoms in total. The molecular weight excluding hydrogens is 278 g/mol. The van der Waals surface area contributed by atoms with Crippen LogP contribution in [-0.4, -0.2) is 16.8 Å². The van der Waals surface area contributed by atoms with Crippen molar-refractivity contribution in [1.29, 1.82) is 0 Å². The van der Waals surface area contributed by atoms with E-state index >= 15 is 0 Å². The molecule has 1 aromatic carbocycles. The van der Waals surface area contributed by atoms with Gasteiger partial charge in [0.2, 0.25) is 5.89 Å². The fourth-order valence-corrected chi connectivity index (χ4v) is 2.13. The zero-order valence-electron chi connectivity index (χ0n) is 11.6. The highest BCUT2D eigenvalue weighted by Crippen LogP contribution is 2.21. The molecule has 1 heterocycles. The van der Waals surface area contributed by atoms with E-state index in [1.165, 1.54) is 5.56 Å². The summed E-state index contributed by atoms with van der Waals surface area (Å²) in [5.41, 5.74) is 2.26. The fraction of sp³-hybridized carbons (Fsp3) is 0.429. The Kier molecular flexibility index (Phi) is 5.38. The maximum absolute atomic E-state index is 6.22. The van der Waals surface area contributed by atoms with E-state index in [-0.39, 0.29) is 0 Å². The number of hydrogen-bond donors (Lipinski definition) is 1. The molecule has 0 bridgehead atoms. The lowest BCUT2D eigenvalue weighted by Gasteiger charge is -2.09. The van der Waals surface area contributed by atoms with Crippen LogP contribution in [0.5, 0.6) is 0 Å². The smallest absolute Gasteiger partial charge is 0.315 e. The summed E-state index contributed by atoms with van der Waals surface area (Å²) in [6.45, 7) is 5.52. The number of hydrogen-bond acceptors (Lipinski definition) is 5. The average molecular weight is 296 g/mol. The van der Waals surface area contributed by atoms with Crippen molar-refractivity contribution in [3.8, 4) is 0 Å². The molecule has 108 valence electrons. The van der Waals surface area contributed by atoms with Gasteiger partial charge in [-0.3, -0.25) is 0 Å². The highest BCUT2D eigenvalue weighted by Gasteiger charge is 2.09. The van der Waals surface area contributed by atoms with Crippen LogP contribution in [0.2, 0.25) is 5.02 Å². The predicted molar refractivity (Wildman–Crippen MR) is 77.8 cm³/mol. The largest absolute Gasteiger partial charge is 0.406 e. The zero-order chi connectivity index (χ0) is 14.4. The highest BCUT2D eigenvalue weighted by atomic mass is 35.5. The fourth-order valence-electron chi connectivity index (χ4n) is 1.87. The zero-order valence-corrected chi connectivity index (χ0v) is 12.4. The van der Waals surface area contributed by atoms with Gasteiger partial charge in [-0.15, -0.1) is 5.10 Å². The summed E-state index contributed by atoms with van der Waals surface area (Å²) in [7, 11) is 0. The summed E-state index contributed by atoms with van der Waals surface area (Å²) in [6, 6.07) is 6.28. The number of aromatic nitrogens is 2. The minimum atomic E-state index is 0.331. The molecular formula is C14H18ClN3O2. The maximum Gasteiger partial charge on any atom is 0.315 e. The molecule has 0 spiro atoms. The van der Waals surface area contributed by atoms with Crippen molar-refractivity contribution in [3.63, 3.8) is 0 Å². The van der Waals surface area contributed by atoms with Crippen LogP contribution in [-0.2, 0) is 24.3 Å². The van der Waals surface area contributed by atoms with Gasteiger partial charge in [-0.1, -0.05) is 35.8 Å². The second-order valence-corrected chi connectivity index (χ2v) is 4.63. The number of nitrogens with one attached hydrogen (secondary N) is 1. The van der Waals surface area contributed by atoms with Crippen molar-refractivity contribution in [2.24, 2.45) is 0 Å². The molecule has 0 aliphatic heterocycles. The van der Waals surface area contributed by atoms with Crippen molar-refractivity contribution in [2.75, 3.05) is 11.9 Å². The lowest BCUT2D eigenvalue weighted by atomic mass is 10.1. The third-order valence-corrected chi connectivity index (χ3v) is 3.26. The standard InChI is InChI=1S/C14H18ClN3O2/c1-3-10-6-5-7-12(15)11(10)8-16-14-18-17-13(20-14)9-19-4-2/h5-7H,3-4,8-9H2,1-2H3,(H,16,18). The molecule has 0 fully saturated rings. The Morgan fingerprint density at radius 2 is 2.15 bits per heavy atom. The van der Waals surface area contributed by atoms with Crippen LogP contribution in [0.25, 0.3) is 0 Å². The lowest BCUT2D eigenvalue weighted by Crippen LogP contribution is -2.03. The average Bonchev–Trinajstić information content (AvgIpc) is 2.91. The molecule has 1 aromatic heterocycles. The van der Waals surface area contributed by atoms with E-state index in [2.05, 4.69) is 28.5 Å². The molecule has 1 N–H and O–H groups in total. The molecule has 0 saturated heterocycles. The Hall–Kier alpha value is -1.59. The molecule has 0 aliphatic rings. The summed E-state index contributed by atoms with van der Waals surface area (Å²) in [4.78, 5) is 0. The molecule has 2 aromatic rings. The summed E-state index contributed by atoms with van der Waals surface area (Å²) in [5.74, 6) is 0.462. The minimum Gasteiger partial charge on any atom is -0.406 e. The Balaban J connectivity index is 2.00. The Morgan fingerprint density at radius 3 is 2.90 bits per heavy atom. The molecule has 0 radical (unpaired) electrons. The van der Waals surface area contributed by atoms with Gasteiger partial charge >= 0.3 is 6.01 Å². The first-order valence-corrected chi connectivity index (χ1v) is 7.02. The minimum absolute atomic E-state index is 0.331. The molecule has 20 heavy (non-hydrogen) atoms. The molecule has 0 amide bonds. The van der Waals surface area contributed by atoms with Crippen LogP contribution in [0.15, 0.2) is 22.6 Å². The number of halogens is 1. The van der Waals surface area contributed by atoms with E-state index in [1.807, 2.05) is 19.1 Å². The van der Waals surface area contributed by atoms with Gasteiger partial charge in [-0.05, 0) is 30.5 Å². The van der Waals surface area contributed by atoms with Gasteiger partial charge in [0.1, 0.15) is 6.61 Å². The predicted octanol–water partition coefficient (Wildman–Crippen LogP) is 3.43. The molecule has 0 aliphatic carbocycles. The van der Waals surface area contributed by atoms with Crippen LogP contribution in [0.1, 0.15) is 30.9 Å². The number of nitrogens with zero attached hydrogens (tertiary/aromatic N) is 2. The first-order valence-electron chi connectivity index (χ1n) is 6.64. The van der Waals surface area contributed by atoms with Gasteiger partial charge in [0.05, 0.1) is 0 Å². The first kappa shape index (κ1) is 14.8. The first-order chi connectivity index (χ1) is 9.74. The summed E-state index contributed by atoms with van der Waals surface area (Å²) in [5, 5.41) is 11.6. The van der Waals surface area contributed by atoms with E-state index in [9.17, 15) is 0 Å². The number of rotatable bonds is 7. The highest BCUT2D eigenvalue weighted by molar-refractivity contribution is 6.31. The monoisotopic (exact) mass is 295 g/mol. The Bertz CT molecular complexity index is 557. The summed E-state index contributed by atoms with van der Waals surface area (Å²) >= 11 is 6.22. The topological polar surface area (TPSA) is 60.2 Å². The van der Waals surface area contributed by atoms with E-state index in [0.29, 0.717) is 31.7 Å². The van der Waals surface area contributed by atoms with Crippen LogP contribution >= 0.6 is 11.6 Å². The normalized spacial score (nSPS) is 10.8. The third-order valence-electron chi connectivity index (χ3n) is 2.91. The molecule has 0 atom stereocenters. The third kappa shape index (κ3) is 3.71. The number of ether oxygens (including phenoxy) is 1. The van der Waals surface area contributed by atoms with Gasteiger partial charge in [0, 0.05) is 18.2 Å². The second kappa shape index (κ2) is 7.26. The van der Waals surface area contributed by atoms with Gasteiger partial charge < -0.3 is 14.5 Å². The summed E-state index contributed by atoms with van der Waals surface area (Å²) in [6.07, 6.45) is 0.928. The Labute approximate surface area is 123 Å². The van der Waals surface area contributed by atoms with Crippen molar-refractivity contribution in [2.45, 2.75) is 33.4 Å². The molecule has 2 rings (SSSR count). The quantitative estimate of drug-likeness (QED) is 0.848. The van der Waals surface area contributed by atoms with E-state index < -0.39 is 0 Å². The van der Waals surface area contributed by atoms with Crippen LogP contribution in [0.4, 0.5) is 6.01 Å². The van der Waals surface area contributed by atoms with Crippen molar-refractivity contribution in [3.05, 3.63) is 40.2 Å². The lowest BCUT2D eigenvalue weighted by molar-refractivity contribution is 0.115. The van der Waals surface area contributed by atoms with Crippen molar-refractivity contribution < 1.29 is 9.15 Å². The van der Waals surface area contributed by atoms with E-state index in [1.54, 1.807) is 0 Å². The summed E-state index contributed by atoms with van der Waals surface area (Å²) < 4.78 is 10.6. The van der Waals surface area contributed by atoms with E-state index in [0.717, 1.165) is 17.0 Å².